The normalized spacial score (nSPS) is 14.9. The lowest BCUT2D eigenvalue weighted by Gasteiger charge is -2.13. The Labute approximate surface area is 118 Å². The molecule has 3 heteroatoms. The van der Waals surface area contributed by atoms with Crippen molar-refractivity contribution < 1.29 is 14.6 Å². The summed E-state index contributed by atoms with van der Waals surface area (Å²) in [4.78, 5) is 0. The molecule has 0 bridgehead atoms. The summed E-state index contributed by atoms with van der Waals surface area (Å²) in [5, 5.41) is 10.4. The van der Waals surface area contributed by atoms with E-state index in [1.165, 1.54) is 11.1 Å². The van der Waals surface area contributed by atoms with Crippen LogP contribution in [0, 0.1) is 0 Å². The minimum atomic E-state index is -0.506. The highest BCUT2D eigenvalue weighted by atomic mass is 16.5. The van der Waals surface area contributed by atoms with Crippen LogP contribution in [0.25, 0.3) is 0 Å². The van der Waals surface area contributed by atoms with Gasteiger partial charge >= 0.3 is 0 Å². The fraction of sp³-hybridized carbons (Fsp3) is 0.294. The van der Waals surface area contributed by atoms with E-state index in [9.17, 15) is 5.11 Å². The molecule has 0 amide bonds. The summed E-state index contributed by atoms with van der Waals surface area (Å²) in [5.41, 5.74) is 4.42. The number of methoxy groups -OCH3 is 1. The van der Waals surface area contributed by atoms with Gasteiger partial charge in [0, 0.05) is 6.42 Å². The highest BCUT2D eigenvalue weighted by Gasteiger charge is 2.15. The van der Waals surface area contributed by atoms with Crippen LogP contribution in [0.2, 0.25) is 0 Å². The van der Waals surface area contributed by atoms with Gasteiger partial charge in [0.15, 0.2) is 0 Å². The highest BCUT2D eigenvalue weighted by Crippen LogP contribution is 2.26. The molecule has 2 aromatic rings. The highest BCUT2D eigenvalue weighted by molar-refractivity contribution is 5.35. The molecule has 1 unspecified atom stereocenters. The van der Waals surface area contributed by atoms with Crippen LogP contribution in [-0.4, -0.2) is 12.2 Å². The van der Waals surface area contributed by atoms with Crippen molar-refractivity contribution in [2.45, 2.75) is 25.7 Å². The quantitative estimate of drug-likeness (QED) is 0.928. The van der Waals surface area contributed by atoms with Crippen LogP contribution in [0.5, 0.6) is 5.75 Å². The molecule has 0 radical (unpaired) electrons. The second-order valence-electron chi connectivity index (χ2n) is 5.09. The predicted octanol–water partition coefficient (Wildman–Crippen LogP) is 3.00. The third-order valence-corrected chi connectivity index (χ3v) is 3.69. The number of hydrogen-bond donors (Lipinski definition) is 1. The van der Waals surface area contributed by atoms with Gasteiger partial charge in [-0.3, -0.25) is 0 Å². The molecule has 1 heterocycles. The van der Waals surface area contributed by atoms with Gasteiger partial charge in [0.1, 0.15) is 5.75 Å². The Morgan fingerprint density at radius 2 is 2.00 bits per heavy atom. The Morgan fingerprint density at radius 3 is 2.85 bits per heavy atom. The summed E-state index contributed by atoms with van der Waals surface area (Å²) in [5.74, 6) is 0.817. The maximum absolute atomic E-state index is 10.4. The number of hydrogen-bond acceptors (Lipinski definition) is 3. The van der Waals surface area contributed by atoms with E-state index in [0.717, 1.165) is 16.9 Å². The Balaban J connectivity index is 1.77. The minimum Gasteiger partial charge on any atom is -0.497 e. The summed E-state index contributed by atoms with van der Waals surface area (Å²) in [7, 11) is 1.65. The van der Waals surface area contributed by atoms with Gasteiger partial charge in [-0.15, -0.1) is 0 Å². The van der Waals surface area contributed by atoms with Gasteiger partial charge in [0.2, 0.25) is 0 Å². The topological polar surface area (TPSA) is 38.7 Å². The second-order valence-corrected chi connectivity index (χ2v) is 5.09. The first-order valence-electron chi connectivity index (χ1n) is 6.76. The van der Waals surface area contributed by atoms with Gasteiger partial charge in [0.25, 0.3) is 0 Å². The zero-order valence-electron chi connectivity index (χ0n) is 11.5. The molecular formula is C17H18O3. The van der Waals surface area contributed by atoms with Crippen molar-refractivity contribution in [1.82, 2.24) is 0 Å². The smallest absolute Gasteiger partial charge is 0.119 e. The lowest BCUT2D eigenvalue weighted by Crippen LogP contribution is -2.03. The Hall–Kier alpha value is -1.84. The van der Waals surface area contributed by atoms with Crippen LogP contribution < -0.4 is 4.74 Å². The van der Waals surface area contributed by atoms with Crippen LogP contribution in [-0.2, 0) is 24.4 Å². The molecule has 0 aliphatic carbocycles. The molecule has 1 aliphatic rings. The third-order valence-electron chi connectivity index (χ3n) is 3.69. The van der Waals surface area contributed by atoms with E-state index in [4.69, 9.17) is 9.47 Å². The first-order valence-corrected chi connectivity index (χ1v) is 6.76. The maximum atomic E-state index is 10.4. The summed E-state index contributed by atoms with van der Waals surface area (Å²) < 4.78 is 10.6. The standard InChI is InChI=1S/C17H18O3/c1-19-16-4-2-3-12(7-16)8-17(18)13-5-6-14-10-20-11-15(14)9-13/h2-7,9,17-18H,8,10-11H2,1H3. The van der Waals surface area contributed by atoms with E-state index in [2.05, 4.69) is 0 Å². The van der Waals surface area contributed by atoms with E-state index >= 15 is 0 Å². The van der Waals surface area contributed by atoms with Crippen LogP contribution in [0.1, 0.15) is 28.4 Å². The summed E-state index contributed by atoms with van der Waals surface area (Å²) in [6, 6.07) is 13.9. The molecule has 3 nitrogen and oxygen atoms in total. The Morgan fingerprint density at radius 1 is 1.15 bits per heavy atom. The van der Waals surface area contributed by atoms with Gasteiger partial charge in [-0.1, -0.05) is 30.3 Å². The number of aliphatic hydroxyl groups excluding tert-OH is 1. The molecule has 3 rings (SSSR count). The summed E-state index contributed by atoms with van der Waals surface area (Å²) >= 11 is 0. The van der Waals surface area contributed by atoms with Crippen LogP contribution in [0.3, 0.4) is 0 Å². The molecule has 1 atom stereocenters. The number of rotatable bonds is 4. The third kappa shape index (κ3) is 2.69. The van der Waals surface area contributed by atoms with Crippen LogP contribution in [0.15, 0.2) is 42.5 Å². The van der Waals surface area contributed by atoms with Gasteiger partial charge in [-0.2, -0.15) is 0 Å². The molecular weight excluding hydrogens is 252 g/mol. The maximum Gasteiger partial charge on any atom is 0.119 e. The molecule has 0 spiro atoms. The van der Waals surface area contributed by atoms with E-state index in [1.807, 2.05) is 42.5 Å². The number of ether oxygens (including phenoxy) is 2. The summed E-state index contributed by atoms with van der Waals surface area (Å²) in [6.45, 7) is 1.33. The van der Waals surface area contributed by atoms with E-state index in [-0.39, 0.29) is 0 Å². The predicted molar refractivity (Wildman–Crippen MR) is 76.6 cm³/mol. The first-order chi connectivity index (χ1) is 9.76. The number of aliphatic hydroxyl groups is 1. The van der Waals surface area contributed by atoms with Gasteiger partial charge in [0.05, 0.1) is 26.4 Å². The fourth-order valence-electron chi connectivity index (χ4n) is 2.54. The van der Waals surface area contributed by atoms with Crippen molar-refractivity contribution in [3.63, 3.8) is 0 Å². The van der Waals surface area contributed by atoms with Gasteiger partial charge in [-0.05, 0) is 34.4 Å². The molecule has 0 aromatic heterocycles. The molecule has 0 saturated carbocycles. The lowest BCUT2D eigenvalue weighted by atomic mass is 9.98. The van der Waals surface area contributed by atoms with Crippen molar-refractivity contribution in [2.24, 2.45) is 0 Å². The molecule has 104 valence electrons. The minimum absolute atomic E-state index is 0.506. The van der Waals surface area contributed by atoms with Crippen molar-refractivity contribution in [2.75, 3.05) is 7.11 Å². The molecule has 1 aliphatic heterocycles. The molecule has 0 saturated heterocycles. The fourth-order valence-corrected chi connectivity index (χ4v) is 2.54. The lowest BCUT2D eigenvalue weighted by molar-refractivity contribution is 0.134. The number of benzene rings is 2. The van der Waals surface area contributed by atoms with Crippen LogP contribution in [0.4, 0.5) is 0 Å². The van der Waals surface area contributed by atoms with E-state index < -0.39 is 6.10 Å². The zero-order valence-corrected chi connectivity index (χ0v) is 11.5. The average molecular weight is 270 g/mol. The Kier molecular flexibility index (Phi) is 3.72. The SMILES string of the molecule is COc1cccc(CC(O)c2ccc3c(c2)COC3)c1. The van der Waals surface area contributed by atoms with Gasteiger partial charge in [-0.25, -0.2) is 0 Å². The Bertz CT molecular complexity index is 607. The van der Waals surface area contributed by atoms with Crippen molar-refractivity contribution in [3.05, 3.63) is 64.7 Å². The molecule has 2 aromatic carbocycles. The monoisotopic (exact) mass is 270 g/mol. The first kappa shape index (κ1) is 13.2. The molecule has 1 N–H and O–H groups in total. The van der Waals surface area contributed by atoms with Gasteiger partial charge < -0.3 is 14.6 Å². The van der Waals surface area contributed by atoms with Crippen molar-refractivity contribution >= 4 is 0 Å². The van der Waals surface area contributed by atoms with Crippen molar-refractivity contribution in [1.29, 1.82) is 0 Å². The van der Waals surface area contributed by atoms with E-state index in [1.54, 1.807) is 7.11 Å². The van der Waals surface area contributed by atoms with E-state index in [0.29, 0.717) is 19.6 Å². The van der Waals surface area contributed by atoms with Crippen LogP contribution >= 0.6 is 0 Å². The second kappa shape index (κ2) is 5.65. The van der Waals surface area contributed by atoms with Crippen molar-refractivity contribution in [3.8, 4) is 5.75 Å². The number of fused-ring (bicyclic) bond motifs is 1. The molecule has 0 fully saturated rings. The largest absolute Gasteiger partial charge is 0.497 e. The molecule has 20 heavy (non-hydrogen) atoms. The zero-order chi connectivity index (χ0) is 13.9. The average Bonchev–Trinajstić information content (AvgIpc) is 2.94. The summed E-state index contributed by atoms with van der Waals surface area (Å²) in [6.07, 6.45) is 0.0737.